The number of nitrogens with zero attached hydrogens (tertiary/aromatic N) is 1. The van der Waals surface area contributed by atoms with Gasteiger partial charge in [0.2, 0.25) is 0 Å². The van der Waals surface area contributed by atoms with E-state index in [2.05, 4.69) is 11.5 Å². The fraction of sp³-hybridized carbons (Fsp3) is 0.300. The molecule has 0 spiro atoms. The molecule has 24 heavy (non-hydrogen) atoms. The first-order chi connectivity index (χ1) is 11.5. The lowest BCUT2D eigenvalue weighted by Crippen LogP contribution is -2.29. The first-order valence-electron chi connectivity index (χ1n) is 8.20. The topological polar surface area (TPSA) is 3.24 Å². The van der Waals surface area contributed by atoms with Crippen molar-refractivity contribution < 1.29 is 8.78 Å². The second-order valence-electron chi connectivity index (χ2n) is 6.26. The quantitative estimate of drug-likeness (QED) is 0.672. The van der Waals surface area contributed by atoms with Crippen LogP contribution in [-0.4, -0.2) is 18.0 Å². The van der Waals surface area contributed by atoms with Gasteiger partial charge in [0.1, 0.15) is 11.6 Å². The summed E-state index contributed by atoms with van der Waals surface area (Å²) in [4.78, 5) is 2.33. The summed E-state index contributed by atoms with van der Waals surface area (Å²) in [6.07, 6.45) is 4.44. The van der Waals surface area contributed by atoms with Gasteiger partial charge in [-0.25, -0.2) is 8.78 Å². The smallest absolute Gasteiger partial charge is 0.126 e. The number of rotatable bonds is 4. The maximum Gasteiger partial charge on any atom is 0.126 e. The van der Waals surface area contributed by atoms with Crippen molar-refractivity contribution in [3.05, 3.63) is 70.9 Å². The molecule has 126 valence electrons. The molecular formula is C20H20ClF2N. The van der Waals surface area contributed by atoms with E-state index in [4.69, 9.17) is 11.6 Å². The summed E-state index contributed by atoms with van der Waals surface area (Å²) in [5.41, 5.74) is 3.22. The predicted molar refractivity (Wildman–Crippen MR) is 95.1 cm³/mol. The van der Waals surface area contributed by atoms with E-state index in [0.717, 1.165) is 36.8 Å². The fourth-order valence-electron chi connectivity index (χ4n) is 3.17. The molecule has 0 amide bonds. The van der Waals surface area contributed by atoms with Crippen LogP contribution < -0.4 is 0 Å². The molecule has 2 aromatic rings. The minimum absolute atomic E-state index is 0.443. The molecule has 1 fully saturated rings. The number of hydrogen-bond acceptors (Lipinski definition) is 1. The van der Waals surface area contributed by atoms with E-state index in [1.807, 2.05) is 18.2 Å². The van der Waals surface area contributed by atoms with Gasteiger partial charge in [0.25, 0.3) is 0 Å². The van der Waals surface area contributed by atoms with Gasteiger partial charge < -0.3 is 4.90 Å². The zero-order valence-corrected chi connectivity index (χ0v) is 14.3. The van der Waals surface area contributed by atoms with Gasteiger partial charge in [0, 0.05) is 41.9 Å². The second-order valence-corrected chi connectivity index (χ2v) is 6.67. The van der Waals surface area contributed by atoms with Gasteiger partial charge in [-0.15, -0.1) is 0 Å². The molecule has 0 bridgehead atoms. The van der Waals surface area contributed by atoms with Gasteiger partial charge in [-0.3, -0.25) is 0 Å². The first kappa shape index (κ1) is 17.0. The van der Waals surface area contributed by atoms with Gasteiger partial charge in [-0.05, 0) is 48.6 Å². The molecule has 0 aliphatic carbocycles. The average molecular weight is 348 g/mol. The summed E-state index contributed by atoms with van der Waals surface area (Å²) in [5, 5.41) is 0.490. The second kappa shape index (κ2) is 7.35. The molecule has 0 N–H and O–H groups in total. The largest absolute Gasteiger partial charge is 0.375 e. The highest BCUT2D eigenvalue weighted by Crippen LogP contribution is 2.30. The van der Waals surface area contributed by atoms with Crippen molar-refractivity contribution in [2.45, 2.75) is 25.7 Å². The molecule has 0 unspecified atom stereocenters. The minimum Gasteiger partial charge on any atom is -0.375 e. The van der Waals surface area contributed by atoms with Crippen LogP contribution in [0.4, 0.5) is 8.78 Å². The third kappa shape index (κ3) is 3.96. The van der Waals surface area contributed by atoms with Crippen LogP contribution in [0.2, 0.25) is 5.02 Å². The number of hydrogen-bond donors (Lipinski definition) is 0. The molecule has 2 aromatic carbocycles. The van der Waals surface area contributed by atoms with Crippen molar-refractivity contribution in [2.24, 2.45) is 0 Å². The van der Waals surface area contributed by atoms with E-state index in [0.29, 0.717) is 16.1 Å². The zero-order valence-electron chi connectivity index (χ0n) is 13.5. The SMILES string of the molecule is C=C(Cc1ccc(-c2cc(F)cc(F)c2)c(Cl)c1)N1CCCCC1. The molecule has 0 radical (unpaired) electrons. The van der Waals surface area contributed by atoms with E-state index in [1.165, 1.54) is 31.4 Å². The third-order valence-electron chi connectivity index (χ3n) is 4.42. The van der Waals surface area contributed by atoms with Crippen molar-refractivity contribution in [2.75, 3.05) is 13.1 Å². The lowest BCUT2D eigenvalue weighted by molar-refractivity contribution is 0.281. The molecule has 3 rings (SSSR count). The molecule has 1 heterocycles. The number of halogens is 3. The van der Waals surface area contributed by atoms with Crippen LogP contribution in [0, 0.1) is 11.6 Å². The lowest BCUT2D eigenvalue weighted by Gasteiger charge is -2.30. The van der Waals surface area contributed by atoms with Crippen molar-refractivity contribution in [3.63, 3.8) is 0 Å². The summed E-state index contributed by atoms with van der Waals surface area (Å²) < 4.78 is 26.8. The highest BCUT2D eigenvalue weighted by molar-refractivity contribution is 6.33. The Kier molecular flexibility index (Phi) is 5.20. The van der Waals surface area contributed by atoms with E-state index in [-0.39, 0.29) is 0 Å². The van der Waals surface area contributed by atoms with Gasteiger partial charge in [0.05, 0.1) is 0 Å². The summed E-state index contributed by atoms with van der Waals surface area (Å²) >= 11 is 6.35. The number of piperidine rings is 1. The fourth-order valence-corrected chi connectivity index (χ4v) is 3.48. The predicted octanol–water partition coefficient (Wildman–Crippen LogP) is 5.83. The molecule has 0 atom stereocenters. The number of likely N-dealkylation sites (tertiary alicyclic amines) is 1. The van der Waals surface area contributed by atoms with Crippen molar-refractivity contribution in [3.8, 4) is 11.1 Å². The Bertz CT molecular complexity index is 731. The Labute approximate surface area is 146 Å². The van der Waals surface area contributed by atoms with Gasteiger partial charge >= 0.3 is 0 Å². The van der Waals surface area contributed by atoms with Crippen LogP contribution in [0.3, 0.4) is 0 Å². The zero-order chi connectivity index (χ0) is 17.1. The standard InChI is InChI=1S/C20H20ClF2N/c1-14(24-7-3-2-4-8-24)9-15-5-6-19(20(21)10-15)16-11-17(22)13-18(23)12-16/h5-6,10-13H,1-4,7-9H2. The van der Waals surface area contributed by atoms with Crippen LogP contribution in [-0.2, 0) is 6.42 Å². The van der Waals surface area contributed by atoms with Gasteiger partial charge in [-0.2, -0.15) is 0 Å². The van der Waals surface area contributed by atoms with E-state index >= 15 is 0 Å². The lowest BCUT2D eigenvalue weighted by atomic mass is 10.0. The van der Waals surface area contributed by atoms with Crippen LogP contribution >= 0.6 is 11.6 Å². The Morgan fingerprint density at radius 2 is 1.67 bits per heavy atom. The Morgan fingerprint density at radius 3 is 2.29 bits per heavy atom. The van der Waals surface area contributed by atoms with E-state index in [1.54, 1.807) is 0 Å². The molecule has 1 nitrogen and oxygen atoms in total. The Hall–Kier alpha value is -1.87. The van der Waals surface area contributed by atoms with Crippen molar-refractivity contribution in [1.29, 1.82) is 0 Å². The first-order valence-corrected chi connectivity index (χ1v) is 8.58. The molecule has 0 aromatic heterocycles. The molecule has 4 heteroatoms. The minimum atomic E-state index is -0.608. The molecule has 1 saturated heterocycles. The highest BCUT2D eigenvalue weighted by atomic mass is 35.5. The summed E-state index contributed by atoms with van der Waals surface area (Å²) in [6.45, 7) is 6.32. The van der Waals surface area contributed by atoms with E-state index < -0.39 is 11.6 Å². The number of benzene rings is 2. The van der Waals surface area contributed by atoms with Crippen LogP contribution in [0.5, 0.6) is 0 Å². The summed E-state index contributed by atoms with van der Waals surface area (Å²) in [5.74, 6) is -1.22. The van der Waals surface area contributed by atoms with E-state index in [9.17, 15) is 8.78 Å². The van der Waals surface area contributed by atoms with Crippen LogP contribution in [0.15, 0.2) is 48.7 Å². The maximum atomic E-state index is 13.4. The molecule has 1 aliphatic rings. The molecule has 0 saturated carbocycles. The highest BCUT2D eigenvalue weighted by Gasteiger charge is 2.13. The number of allylic oxidation sites excluding steroid dienone is 1. The maximum absolute atomic E-state index is 13.4. The summed E-state index contributed by atoms with van der Waals surface area (Å²) in [6, 6.07) is 9.05. The van der Waals surface area contributed by atoms with Crippen molar-refractivity contribution >= 4 is 11.6 Å². The normalized spacial score (nSPS) is 14.7. The third-order valence-corrected chi connectivity index (χ3v) is 4.73. The molecular weight excluding hydrogens is 328 g/mol. The van der Waals surface area contributed by atoms with Crippen molar-refractivity contribution in [1.82, 2.24) is 4.90 Å². The van der Waals surface area contributed by atoms with Crippen LogP contribution in [0.25, 0.3) is 11.1 Å². The monoisotopic (exact) mass is 347 g/mol. The Morgan fingerprint density at radius 1 is 1.00 bits per heavy atom. The van der Waals surface area contributed by atoms with Gasteiger partial charge in [0.15, 0.2) is 0 Å². The average Bonchev–Trinajstić information content (AvgIpc) is 2.55. The molecule has 1 aliphatic heterocycles. The summed E-state index contributed by atoms with van der Waals surface area (Å²) in [7, 11) is 0. The Balaban J connectivity index is 1.78. The van der Waals surface area contributed by atoms with Gasteiger partial charge in [-0.1, -0.05) is 30.3 Å². The van der Waals surface area contributed by atoms with Crippen LogP contribution in [0.1, 0.15) is 24.8 Å².